The average molecular weight is 373 g/mol. The van der Waals surface area contributed by atoms with Gasteiger partial charge in [0.2, 0.25) is 0 Å². The van der Waals surface area contributed by atoms with Gasteiger partial charge in [-0.2, -0.15) is 0 Å². The quantitative estimate of drug-likeness (QED) is 0.274. The zero-order valence-electron chi connectivity index (χ0n) is 16.1. The standard InChI is InChI=1S/C25H24FNO/c1-3-17-28-23-14-16-25-22(18-23)13-15-24(27-25)21-11-9-20(10-12-21)8-6-4-5-7-19(2)26/h3,9-16,18-19H,1,4-5,7,17H2,2H3. The Kier molecular flexibility index (Phi) is 6.81. The summed E-state index contributed by atoms with van der Waals surface area (Å²) >= 11 is 0. The third kappa shape index (κ3) is 5.44. The summed E-state index contributed by atoms with van der Waals surface area (Å²) in [6.07, 6.45) is 3.07. The number of rotatable bonds is 7. The molecule has 3 rings (SSSR count). The van der Waals surface area contributed by atoms with Crippen LogP contribution in [0.15, 0.2) is 67.3 Å². The third-order valence-electron chi connectivity index (χ3n) is 4.35. The summed E-state index contributed by atoms with van der Waals surface area (Å²) in [6.45, 7) is 5.73. The number of fused-ring (bicyclic) bond motifs is 1. The lowest BCUT2D eigenvalue weighted by Gasteiger charge is -2.06. The number of pyridine rings is 1. The fraction of sp³-hybridized carbons (Fsp3) is 0.240. The topological polar surface area (TPSA) is 22.1 Å². The van der Waals surface area contributed by atoms with Crippen molar-refractivity contribution < 1.29 is 9.13 Å². The van der Waals surface area contributed by atoms with Gasteiger partial charge in [-0.05, 0) is 56.2 Å². The number of halogens is 1. The van der Waals surface area contributed by atoms with Crippen molar-refractivity contribution >= 4 is 10.9 Å². The van der Waals surface area contributed by atoms with Crippen LogP contribution in [-0.2, 0) is 0 Å². The van der Waals surface area contributed by atoms with Crippen molar-refractivity contribution in [1.29, 1.82) is 0 Å². The highest BCUT2D eigenvalue weighted by Crippen LogP contribution is 2.24. The zero-order valence-corrected chi connectivity index (χ0v) is 16.1. The second kappa shape index (κ2) is 9.71. The minimum absolute atomic E-state index is 0.487. The summed E-state index contributed by atoms with van der Waals surface area (Å²) in [4.78, 5) is 4.75. The van der Waals surface area contributed by atoms with E-state index in [0.29, 0.717) is 13.0 Å². The van der Waals surface area contributed by atoms with Gasteiger partial charge in [-0.25, -0.2) is 9.37 Å². The Morgan fingerprint density at radius 2 is 1.96 bits per heavy atom. The SMILES string of the molecule is C=CCOc1ccc2nc(-c3ccc(C#CCCCC(C)F)cc3)ccc2c1. The molecule has 0 amide bonds. The lowest BCUT2D eigenvalue weighted by atomic mass is 10.1. The number of benzene rings is 2. The average Bonchev–Trinajstić information content (AvgIpc) is 2.71. The normalized spacial score (nSPS) is 11.5. The zero-order chi connectivity index (χ0) is 19.8. The van der Waals surface area contributed by atoms with Gasteiger partial charge in [-0.15, -0.1) is 0 Å². The molecule has 0 aliphatic rings. The first-order valence-electron chi connectivity index (χ1n) is 9.53. The van der Waals surface area contributed by atoms with Crippen molar-refractivity contribution in [3.63, 3.8) is 0 Å². The highest BCUT2D eigenvalue weighted by atomic mass is 19.1. The smallest absolute Gasteiger partial charge is 0.120 e. The Labute approximate surface area is 166 Å². The molecule has 1 atom stereocenters. The number of hydrogen-bond donors (Lipinski definition) is 0. The van der Waals surface area contributed by atoms with Crippen LogP contribution in [0.4, 0.5) is 4.39 Å². The molecule has 3 aromatic rings. The number of hydrogen-bond acceptors (Lipinski definition) is 2. The van der Waals surface area contributed by atoms with Crippen molar-refractivity contribution in [2.24, 2.45) is 0 Å². The summed E-state index contributed by atoms with van der Waals surface area (Å²) in [5.41, 5.74) is 3.85. The molecule has 0 aliphatic heterocycles. The van der Waals surface area contributed by atoms with Crippen LogP contribution < -0.4 is 4.74 Å². The van der Waals surface area contributed by atoms with E-state index in [1.54, 1.807) is 13.0 Å². The van der Waals surface area contributed by atoms with Crippen LogP contribution in [-0.4, -0.2) is 17.8 Å². The van der Waals surface area contributed by atoms with Crippen LogP contribution in [0, 0.1) is 11.8 Å². The molecular formula is C25H24FNO. The van der Waals surface area contributed by atoms with Crippen molar-refractivity contribution in [2.75, 3.05) is 6.61 Å². The van der Waals surface area contributed by atoms with Gasteiger partial charge in [0.15, 0.2) is 0 Å². The van der Waals surface area contributed by atoms with Gasteiger partial charge in [-0.1, -0.05) is 42.7 Å². The van der Waals surface area contributed by atoms with Gasteiger partial charge in [-0.3, -0.25) is 0 Å². The highest BCUT2D eigenvalue weighted by molar-refractivity contribution is 5.83. The van der Waals surface area contributed by atoms with Crippen molar-refractivity contribution in [3.8, 4) is 28.8 Å². The van der Waals surface area contributed by atoms with E-state index in [9.17, 15) is 4.39 Å². The number of alkyl halides is 1. The van der Waals surface area contributed by atoms with E-state index in [1.807, 2.05) is 48.5 Å². The van der Waals surface area contributed by atoms with Gasteiger partial charge in [0.1, 0.15) is 12.4 Å². The van der Waals surface area contributed by atoms with E-state index in [4.69, 9.17) is 9.72 Å². The molecule has 0 fully saturated rings. The maximum absolute atomic E-state index is 12.8. The number of nitrogens with zero attached hydrogens (tertiary/aromatic N) is 1. The molecule has 0 saturated carbocycles. The second-order valence-electron chi connectivity index (χ2n) is 6.70. The molecule has 0 radical (unpaired) electrons. The summed E-state index contributed by atoms with van der Waals surface area (Å²) in [5.74, 6) is 7.06. The summed E-state index contributed by atoms with van der Waals surface area (Å²) in [5, 5.41) is 1.04. The minimum Gasteiger partial charge on any atom is -0.490 e. The highest BCUT2D eigenvalue weighted by Gasteiger charge is 2.03. The number of unbranched alkanes of at least 4 members (excludes halogenated alkanes) is 1. The lowest BCUT2D eigenvalue weighted by Crippen LogP contribution is -1.93. The first-order chi connectivity index (χ1) is 13.7. The molecule has 0 N–H and O–H groups in total. The van der Waals surface area contributed by atoms with Crippen molar-refractivity contribution in [1.82, 2.24) is 4.98 Å². The maximum Gasteiger partial charge on any atom is 0.120 e. The van der Waals surface area contributed by atoms with Crippen LogP contribution in [0.5, 0.6) is 5.75 Å². The van der Waals surface area contributed by atoms with Gasteiger partial charge >= 0.3 is 0 Å². The summed E-state index contributed by atoms with van der Waals surface area (Å²) in [7, 11) is 0. The molecule has 1 aromatic heterocycles. The second-order valence-corrected chi connectivity index (χ2v) is 6.70. The van der Waals surface area contributed by atoms with E-state index >= 15 is 0 Å². The number of aromatic nitrogens is 1. The van der Waals surface area contributed by atoms with E-state index < -0.39 is 6.17 Å². The molecular weight excluding hydrogens is 349 g/mol. The van der Waals surface area contributed by atoms with Crippen molar-refractivity contribution in [3.05, 3.63) is 72.8 Å². The molecule has 2 aromatic carbocycles. The lowest BCUT2D eigenvalue weighted by molar-refractivity contribution is 0.336. The van der Waals surface area contributed by atoms with Gasteiger partial charge in [0.25, 0.3) is 0 Å². The van der Waals surface area contributed by atoms with Crippen molar-refractivity contribution in [2.45, 2.75) is 32.4 Å². The largest absolute Gasteiger partial charge is 0.490 e. The Bertz CT molecular complexity index is 996. The molecule has 28 heavy (non-hydrogen) atoms. The molecule has 2 nitrogen and oxygen atoms in total. The maximum atomic E-state index is 12.8. The van der Waals surface area contributed by atoms with Gasteiger partial charge in [0, 0.05) is 22.9 Å². The summed E-state index contributed by atoms with van der Waals surface area (Å²) < 4.78 is 18.3. The van der Waals surface area contributed by atoms with E-state index in [2.05, 4.69) is 24.5 Å². The Hall–Kier alpha value is -3.12. The van der Waals surface area contributed by atoms with Crippen LogP contribution in [0.2, 0.25) is 0 Å². The molecule has 0 saturated heterocycles. The monoisotopic (exact) mass is 373 g/mol. The third-order valence-corrected chi connectivity index (χ3v) is 4.35. The van der Waals surface area contributed by atoms with Crippen LogP contribution >= 0.6 is 0 Å². The predicted molar refractivity (Wildman–Crippen MR) is 114 cm³/mol. The fourth-order valence-electron chi connectivity index (χ4n) is 2.87. The first kappa shape index (κ1) is 19.6. The molecule has 1 unspecified atom stereocenters. The Morgan fingerprint density at radius 1 is 1.14 bits per heavy atom. The number of ether oxygens (including phenoxy) is 1. The van der Waals surface area contributed by atoms with E-state index in [1.165, 1.54) is 0 Å². The van der Waals surface area contributed by atoms with E-state index in [-0.39, 0.29) is 0 Å². The van der Waals surface area contributed by atoms with Crippen LogP contribution in [0.3, 0.4) is 0 Å². The Morgan fingerprint density at radius 3 is 2.71 bits per heavy atom. The molecule has 0 bridgehead atoms. The first-order valence-corrected chi connectivity index (χ1v) is 9.53. The fourth-order valence-corrected chi connectivity index (χ4v) is 2.87. The molecule has 1 heterocycles. The minimum atomic E-state index is -0.748. The van der Waals surface area contributed by atoms with E-state index in [0.717, 1.165) is 46.3 Å². The Balaban J connectivity index is 1.70. The molecule has 142 valence electrons. The molecule has 3 heteroatoms. The van der Waals surface area contributed by atoms with Gasteiger partial charge < -0.3 is 4.74 Å². The predicted octanol–water partition coefficient (Wildman–Crippen LogP) is 6.35. The van der Waals surface area contributed by atoms with Crippen LogP contribution in [0.25, 0.3) is 22.2 Å². The molecule has 0 spiro atoms. The summed E-state index contributed by atoms with van der Waals surface area (Å²) in [6, 6.07) is 18.0. The van der Waals surface area contributed by atoms with Crippen LogP contribution in [0.1, 0.15) is 31.7 Å². The molecule has 0 aliphatic carbocycles. The van der Waals surface area contributed by atoms with Gasteiger partial charge in [0.05, 0.1) is 17.4 Å².